The van der Waals surface area contributed by atoms with Crippen LogP contribution >= 0.6 is 0 Å². The van der Waals surface area contributed by atoms with Crippen LogP contribution in [0.5, 0.6) is 0 Å². The third-order valence-corrected chi connectivity index (χ3v) is 3.23. The minimum absolute atomic E-state index is 0.0928. The largest absolute Gasteiger partial charge is 0.480 e. The van der Waals surface area contributed by atoms with Crippen LogP contribution in [0.15, 0.2) is 16.9 Å². The van der Waals surface area contributed by atoms with Gasteiger partial charge in [0.2, 0.25) is 0 Å². The minimum atomic E-state index is -1.00. The summed E-state index contributed by atoms with van der Waals surface area (Å²) in [6.07, 6.45) is 2.02. The Morgan fingerprint density at radius 1 is 1.37 bits per heavy atom. The molecule has 1 amide bonds. The molecule has 1 aliphatic rings. The normalized spacial score (nSPS) is 19.2. The van der Waals surface area contributed by atoms with Gasteiger partial charge < -0.3 is 10.0 Å². The van der Waals surface area contributed by atoms with E-state index in [1.807, 2.05) is 0 Å². The van der Waals surface area contributed by atoms with E-state index in [4.69, 9.17) is 5.11 Å². The number of aryl methyl sites for hydroxylation is 1. The lowest BCUT2D eigenvalue weighted by molar-refractivity contribution is -0.143. The van der Waals surface area contributed by atoms with Crippen LogP contribution in [0.3, 0.4) is 0 Å². The Balaban J connectivity index is 2.28. The van der Waals surface area contributed by atoms with Crippen LogP contribution in [0.4, 0.5) is 0 Å². The standard InChI is InChI=1S/C12H15N3O4/c1-14-10(16)6-5-8(13-14)11(17)15-7-3-2-4-9(15)12(18)19/h5-6,9H,2-4,7H2,1H3,(H,18,19). The molecule has 1 aliphatic heterocycles. The predicted octanol–water partition coefficient (Wildman–Crippen LogP) is -0.140. The van der Waals surface area contributed by atoms with E-state index in [0.29, 0.717) is 13.0 Å². The third-order valence-electron chi connectivity index (χ3n) is 3.23. The lowest BCUT2D eigenvalue weighted by Gasteiger charge is -2.32. The number of likely N-dealkylation sites (tertiary alicyclic amines) is 1. The summed E-state index contributed by atoms with van der Waals surface area (Å²) in [6.45, 7) is 0.403. The van der Waals surface area contributed by atoms with Crippen molar-refractivity contribution in [3.8, 4) is 0 Å². The number of aliphatic carboxylic acids is 1. The molecule has 1 atom stereocenters. The summed E-state index contributed by atoms with van der Waals surface area (Å²) in [6, 6.07) is 1.78. The quantitative estimate of drug-likeness (QED) is 0.803. The van der Waals surface area contributed by atoms with Gasteiger partial charge in [0.05, 0.1) is 0 Å². The maximum Gasteiger partial charge on any atom is 0.326 e. The van der Waals surface area contributed by atoms with Crippen LogP contribution in [0.1, 0.15) is 29.8 Å². The van der Waals surface area contributed by atoms with Crippen molar-refractivity contribution in [2.75, 3.05) is 6.54 Å². The fraction of sp³-hybridized carbons (Fsp3) is 0.500. The summed E-state index contributed by atoms with van der Waals surface area (Å²) in [5.74, 6) is -1.44. The molecular weight excluding hydrogens is 250 g/mol. The average molecular weight is 265 g/mol. The van der Waals surface area contributed by atoms with Crippen LogP contribution in [0.2, 0.25) is 0 Å². The number of hydrogen-bond acceptors (Lipinski definition) is 4. The van der Waals surface area contributed by atoms with Gasteiger partial charge in [-0.05, 0) is 25.3 Å². The van der Waals surface area contributed by atoms with Crippen LogP contribution in [0.25, 0.3) is 0 Å². The molecule has 0 aromatic carbocycles. The second-order valence-electron chi connectivity index (χ2n) is 4.53. The van der Waals surface area contributed by atoms with Crippen molar-refractivity contribution in [3.63, 3.8) is 0 Å². The lowest BCUT2D eigenvalue weighted by atomic mass is 10.0. The summed E-state index contributed by atoms with van der Waals surface area (Å²) in [4.78, 5) is 36.0. The van der Waals surface area contributed by atoms with Gasteiger partial charge in [0, 0.05) is 19.7 Å². The number of nitrogens with zero attached hydrogens (tertiary/aromatic N) is 3. The lowest BCUT2D eigenvalue weighted by Crippen LogP contribution is -2.48. The molecule has 7 heteroatoms. The van der Waals surface area contributed by atoms with Crippen molar-refractivity contribution in [3.05, 3.63) is 28.2 Å². The predicted molar refractivity (Wildman–Crippen MR) is 65.8 cm³/mol. The van der Waals surface area contributed by atoms with Gasteiger partial charge in [-0.3, -0.25) is 9.59 Å². The first kappa shape index (κ1) is 13.3. The minimum Gasteiger partial charge on any atom is -0.480 e. The topological polar surface area (TPSA) is 92.5 Å². The van der Waals surface area contributed by atoms with Gasteiger partial charge in [0.15, 0.2) is 0 Å². The van der Waals surface area contributed by atoms with Gasteiger partial charge in [-0.15, -0.1) is 0 Å². The number of carboxylic acids is 1. The molecule has 1 saturated heterocycles. The van der Waals surface area contributed by atoms with E-state index in [-0.39, 0.29) is 11.3 Å². The van der Waals surface area contributed by atoms with Crippen LogP contribution in [-0.4, -0.2) is 44.3 Å². The molecule has 1 aromatic heterocycles. The number of amides is 1. The van der Waals surface area contributed by atoms with Gasteiger partial charge in [0.25, 0.3) is 11.5 Å². The first-order chi connectivity index (χ1) is 9.00. The number of carboxylic acid groups (broad SMARTS) is 1. The highest BCUT2D eigenvalue weighted by Gasteiger charge is 2.33. The highest BCUT2D eigenvalue weighted by Crippen LogP contribution is 2.19. The van der Waals surface area contributed by atoms with Crippen molar-refractivity contribution in [1.29, 1.82) is 0 Å². The number of rotatable bonds is 2. The van der Waals surface area contributed by atoms with Gasteiger partial charge in [-0.25, -0.2) is 9.48 Å². The number of aromatic nitrogens is 2. The molecule has 2 rings (SSSR count). The molecule has 0 aliphatic carbocycles. The van der Waals surface area contributed by atoms with E-state index in [2.05, 4.69) is 5.10 Å². The zero-order valence-electron chi connectivity index (χ0n) is 10.6. The molecule has 19 heavy (non-hydrogen) atoms. The SMILES string of the molecule is Cn1nc(C(=O)N2CCCCC2C(=O)O)ccc1=O. The molecule has 0 bridgehead atoms. The zero-order valence-corrected chi connectivity index (χ0v) is 10.6. The Morgan fingerprint density at radius 3 is 2.74 bits per heavy atom. The molecule has 1 aromatic rings. The highest BCUT2D eigenvalue weighted by molar-refractivity contribution is 5.95. The van der Waals surface area contributed by atoms with E-state index < -0.39 is 17.9 Å². The van der Waals surface area contributed by atoms with Gasteiger partial charge in [-0.1, -0.05) is 0 Å². The summed E-state index contributed by atoms with van der Waals surface area (Å²) < 4.78 is 1.06. The van der Waals surface area contributed by atoms with Crippen LogP contribution in [0, 0.1) is 0 Å². The van der Waals surface area contributed by atoms with Crippen LogP contribution < -0.4 is 5.56 Å². The first-order valence-electron chi connectivity index (χ1n) is 6.09. The molecule has 7 nitrogen and oxygen atoms in total. The molecule has 0 saturated carbocycles. The van der Waals surface area contributed by atoms with E-state index in [1.165, 1.54) is 24.1 Å². The Bertz CT molecular complexity index is 566. The average Bonchev–Trinajstić information content (AvgIpc) is 2.41. The zero-order chi connectivity index (χ0) is 14.0. The monoisotopic (exact) mass is 265 g/mol. The van der Waals surface area contributed by atoms with Crippen molar-refractivity contribution in [2.45, 2.75) is 25.3 Å². The second kappa shape index (κ2) is 5.21. The maximum atomic E-state index is 12.3. The maximum absolute atomic E-state index is 12.3. The van der Waals surface area contributed by atoms with E-state index in [1.54, 1.807) is 0 Å². The smallest absolute Gasteiger partial charge is 0.326 e. The highest BCUT2D eigenvalue weighted by atomic mass is 16.4. The molecule has 0 radical (unpaired) electrons. The summed E-state index contributed by atoms with van der Waals surface area (Å²) in [5.41, 5.74) is -0.222. The molecule has 1 unspecified atom stereocenters. The number of carbonyl (C=O) groups is 2. The third kappa shape index (κ3) is 2.64. The number of carbonyl (C=O) groups excluding carboxylic acids is 1. The summed E-state index contributed by atoms with van der Waals surface area (Å²) in [5, 5.41) is 13.0. The van der Waals surface area contributed by atoms with Crippen molar-refractivity contribution >= 4 is 11.9 Å². The Kier molecular flexibility index (Phi) is 3.64. The van der Waals surface area contributed by atoms with E-state index in [9.17, 15) is 14.4 Å². The summed E-state index contributed by atoms with van der Waals surface area (Å²) >= 11 is 0. The van der Waals surface area contributed by atoms with Crippen molar-refractivity contribution in [1.82, 2.24) is 14.7 Å². The number of hydrogen-bond donors (Lipinski definition) is 1. The Hall–Kier alpha value is -2.18. The fourth-order valence-corrected chi connectivity index (χ4v) is 2.19. The molecule has 1 N–H and O–H groups in total. The molecule has 2 heterocycles. The number of piperidine rings is 1. The fourth-order valence-electron chi connectivity index (χ4n) is 2.19. The van der Waals surface area contributed by atoms with Gasteiger partial charge in [0.1, 0.15) is 11.7 Å². The van der Waals surface area contributed by atoms with Crippen molar-refractivity contribution in [2.24, 2.45) is 7.05 Å². The molecule has 0 spiro atoms. The molecular formula is C12H15N3O4. The Labute approximate surface area is 109 Å². The van der Waals surface area contributed by atoms with E-state index >= 15 is 0 Å². The van der Waals surface area contributed by atoms with Crippen LogP contribution in [-0.2, 0) is 11.8 Å². The van der Waals surface area contributed by atoms with Gasteiger partial charge >= 0.3 is 5.97 Å². The first-order valence-corrected chi connectivity index (χ1v) is 6.09. The van der Waals surface area contributed by atoms with Gasteiger partial charge in [-0.2, -0.15) is 5.10 Å². The Morgan fingerprint density at radius 2 is 2.11 bits per heavy atom. The van der Waals surface area contributed by atoms with E-state index in [0.717, 1.165) is 17.5 Å². The van der Waals surface area contributed by atoms with Crippen molar-refractivity contribution < 1.29 is 14.7 Å². The summed E-state index contributed by atoms with van der Waals surface area (Å²) in [7, 11) is 1.45. The second-order valence-corrected chi connectivity index (χ2v) is 4.53. The molecule has 102 valence electrons. The molecule has 1 fully saturated rings.